The molecule has 0 spiro atoms. The Kier molecular flexibility index (Phi) is 7.43. The molecule has 136 valence electrons. The van der Waals surface area contributed by atoms with Crippen LogP contribution in [-0.4, -0.2) is 31.3 Å². The molecule has 1 aromatic carbocycles. The van der Waals surface area contributed by atoms with E-state index >= 15 is 0 Å². The smallest absolute Gasteiger partial charge is 0.191 e. The van der Waals surface area contributed by atoms with E-state index in [2.05, 4.69) is 27.8 Å². The van der Waals surface area contributed by atoms with Gasteiger partial charge < -0.3 is 20.5 Å². The number of aliphatic hydroxyl groups is 1. The molecular weight excluding hydrogens is 334 g/mol. The van der Waals surface area contributed by atoms with Crippen molar-refractivity contribution in [2.24, 2.45) is 4.99 Å². The van der Waals surface area contributed by atoms with E-state index in [0.29, 0.717) is 25.7 Å². The highest BCUT2D eigenvalue weighted by atomic mass is 32.1. The molecule has 1 heterocycles. The molecule has 1 atom stereocenters. The number of benzene rings is 1. The first kappa shape index (κ1) is 19.4. The van der Waals surface area contributed by atoms with Gasteiger partial charge in [-0.1, -0.05) is 30.3 Å². The first-order valence-electron chi connectivity index (χ1n) is 8.41. The van der Waals surface area contributed by atoms with Crippen molar-refractivity contribution in [1.29, 1.82) is 0 Å². The summed E-state index contributed by atoms with van der Waals surface area (Å²) >= 11 is 1.55. The van der Waals surface area contributed by atoms with E-state index in [-0.39, 0.29) is 0 Å². The van der Waals surface area contributed by atoms with Crippen molar-refractivity contribution in [3.05, 3.63) is 57.8 Å². The molecule has 0 bridgehead atoms. The molecule has 6 heteroatoms. The lowest BCUT2D eigenvalue weighted by atomic mass is 10.1. The predicted octanol–water partition coefficient (Wildman–Crippen LogP) is 2.86. The van der Waals surface area contributed by atoms with Gasteiger partial charge in [0.15, 0.2) is 5.96 Å². The molecule has 25 heavy (non-hydrogen) atoms. The highest BCUT2D eigenvalue weighted by Crippen LogP contribution is 2.24. The van der Waals surface area contributed by atoms with Crippen LogP contribution in [0.5, 0.6) is 0 Å². The monoisotopic (exact) mass is 361 g/mol. The summed E-state index contributed by atoms with van der Waals surface area (Å²) in [6.45, 7) is 6.10. The van der Waals surface area contributed by atoms with Crippen molar-refractivity contribution in [2.75, 3.05) is 20.2 Å². The zero-order valence-electron chi connectivity index (χ0n) is 15.1. The molecule has 0 fully saturated rings. The summed E-state index contributed by atoms with van der Waals surface area (Å²) in [7, 11) is 1.69. The molecule has 0 aliphatic rings. The molecule has 0 aliphatic heterocycles. The van der Waals surface area contributed by atoms with Gasteiger partial charge >= 0.3 is 0 Å². The van der Waals surface area contributed by atoms with E-state index in [1.165, 1.54) is 0 Å². The number of hydrogen-bond acceptors (Lipinski definition) is 4. The Labute approximate surface area is 153 Å². The quantitative estimate of drug-likeness (QED) is 0.500. The highest BCUT2D eigenvalue weighted by molar-refractivity contribution is 7.10. The molecule has 2 aromatic rings. The second-order valence-electron chi connectivity index (χ2n) is 6.00. The van der Waals surface area contributed by atoms with Crippen LogP contribution in [0.1, 0.15) is 29.9 Å². The second-order valence-corrected chi connectivity index (χ2v) is 6.95. The summed E-state index contributed by atoms with van der Waals surface area (Å²) < 4.78 is 5.24. The Bertz CT molecular complexity index is 669. The fraction of sp³-hybridized carbons (Fsp3) is 0.421. The number of guanidine groups is 1. The lowest BCUT2D eigenvalue weighted by molar-refractivity contribution is 0.0655. The molecule has 0 amide bonds. The van der Waals surface area contributed by atoms with Crippen molar-refractivity contribution in [2.45, 2.75) is 32.6 Å². The van der Waals surface area contributed by atoms with E-state index in [1.54, 1.807) is 18.4 Å². The summed E-state index contributed by atoms with van der Waals surface area (Å²) in [6, 6.07) is 12.0. The molecule has 2 rings (SSSR count). The fourth-order valence-electron chi connectivity index (χ4n) is 2.44. The Morgan fingerprint density at radius 2 is 1.96 bits per heavy atom. The Balaban J connectivity index is 2.03. The van der Waals surface area contributed by atoms with E-state index in [9.17, 15) is 5.11 Å². The van der Waals surface area contributed by atoms with Gasteiger partial charge in [0.05, 0.1) is 19.7 Å². The molecule has 0 aliphatic carbocycles. The van der Waals surface area contributed by atoms with Crippen LogP contribution in [0.2, 0.25) is 0 Å². The van der Waals surface area contributed by atoms with Crippen LogP contribution in [0.4, 0.5) is 0 Å². The van der Waals surface area contributed by atoms with E-state index < -0.39 is 5.60 Å². The van der Waals surface area contributed by atoms with Crippen molar-refractivity contribution in [1.82, 2.24) is 10.6 Å². The topological polar surface area (TPSA) is 65.9 Å². The fourth-order valence-corrected chi connectivity index (χ4v) is 3.23. The zero-order chi connectivity index (χ0) is 18.1. The van der Waals surface area contributed by atoms with Gasteiger partial charge in [0.2, 0.25) is 0 Å². The average molecular weight is 362 g/mol. The SMILES string of the molecule is CCNC(=NCc1ccccc1COC)NCC(C)(O)c1cccs1. The van der Waals surface area contributed by atoms with Gasteiger partial charge in [-0.2, -0.15) is 0 Å². The second kappa shape index (κ2) is 9.56. The van der Waals surface area contributed by atoms with Crippen LogP contribution in [0, 0.1) is 0 Å². The van der Waals surface area contributed by atoms with Gasteiger partial charge in [0, 0.05) is 18.5 Å². The first-order chi connectivity index (χ1) is 12.1. The molecule has 0 saturated heterocycles. The lowest BCUT2D eigenvalue weighted by Crippen LogP contribution is -2.44. The third kappa shape index (κ3) is 5.85. The molecule has 3 N–H and O–H groups in total. The summed E-state index contributed by atoms with van der Waals surface area (Å²) in [6.07, 6.45) is 0. The number of hydrogen-bond donors (Lipinski definition) is 3. The normalized spacial score (nSPS) is 14.2. The van der Waals surface area contributed by atoms with Gasteiger partial charge in [-0.05, 0) is 36.4 Å². The Morgan fingerprint density at radius 1 is 1.20 bits per heavy atom. The molecular formula is C19H27N3O2S. The molecule has 1 unspecified atom stereocenters. The predicted molar refractivity (Wildman–Crippen MR) is 104 cm³/mol. The Hall–Kier alpha value is -1.89. The minimum atomic E-state index is -0.932. The average Bonchev–Trinajstić information content (AvgIpc) is 3.14. The number of aliphatic imine (C=N–C) groups is 1. The van der Waals surface area contributed by atoms with Crippen LogP contribution in [0.15, 0.2) is 46.8 Å². The minimum absolute atomic E-state index is 0.388. The van der Waals surface area contributed by atoms with Crippen LogP contribution in [0.25, 0.3) is 0 Å². The van der Waals surface area contributed by atoms with Crippen molar-refractivity contribution < 1.29 is 9.84 Å². The molecule has 0 saturated carbocycles. The maximum atomic E-state index is 10.6. The molecule has 0 radical (unpaired) electrons. The van der Waals surface area contributed by atoms with Gasteiger partial charge in [-0.3, -0.25) is 0 Å². The number of thiophene rings is 1. The lowest BCUT2D eigenvalue weighted by Gasteiger charge is -2.23. The number of nitrogens with one attached hydrogen (secondary N) is 2. The van der Waals surface area contributed by atoms with E-state index in [0.717, 1.165) is 22.5 Å². The minimum Gasteiger partial charge on any atom is -0.383 e. The number of nitrogens with zero attached hydrogens (tertiary/aromatic N) is 1. The maximum absolute atomic E-state index is 10.6. The first-order valence-corrected chi connectivity index (χ1v) is 9.29. The van der Waals surface area contributed by atoms with Gasteiger partial charge in [-0.25, -0.2) is 4.99 Å². The van der Waals surface area contributed by atoms with Crippen LogP contribution >= 0.6 is 11.3 Å². The number of ether oxygens (including phenoxy) is 1. The largest absolute Gasteiger partial charge is 0.383 e. The standard InChI is InChI=1S/C19H27N3O2S/c1-4-20-18(22-14-19(2,23)17-10-7-11-25-17)21-12-15-8-5-6-9-16(15)13-24-3/h5-11,23H,4,12-14H2,1-3H3,(H2,20,21,22). The van der Waals surface area contributed by atoms with Crippen molar-refractivity contribution in [3.8, 4) is 0 Å². The maximum Gasteiger partial charge on any atom is 0.191 e. The molecule has 5 nitrogen and oxygen atoms in total. The third-order valence-electron chi connectivity index (χ3n) is 3.82. The van der Waals surface area contributed by atoms with Gasteiger partial charge in [-0.15, -0.1) is 11.3 Å². The van der Waals surface area contributed by atoms with E-state index in [1.807, 2.05) is 43.5 Å². The van der Waals surface area contributed by atoms with Crippen molar-refractivity contribution >= 4 is 17.3 Å². The number of rotatable bonds is 8. The number of methoxy groups -OCH3 is 1. The van der Waals surface area contributed by atoms with Crippen molar-refractivity contribution in [3.63, 3.8) is 0 Å². The summed E-state index contributed by atoms with van der Waals surface area (Å²) in [5.41, 5.74) is 1.33. The van der Waals surface area contributed by atoms with Crippen LogP contribution < -0.4 is 10.6 Å². The van der Waals surface area contributed by atoms with Crippen LogP contribution in [0.3, 0.4) is 0 Å². The molecule has 1 aromatic heterocycles. The van der Waals surface area contributed by atoms with Crippen LogP contribution in [-0.2, 0) is 23.5 Å². The third-order valence-corrected chi connectivity index (χ3v) is 4.95. The Morgan fingerprint density at radius 3 is 2.60 bits per heavy atom. The summed E-state index contributed by atoms with van der Waals surface area (Å²) in [5, 5.41) is 19.1. The van der Waals surface area contributed by atoms with Gasteiger partial charge in [0.25, 0.3) is 0 Å². The van der Waals surface area contributed by atoms with Gasteiger partial charge in [0.1, 0.15) is 5.60 Å². The van der Waals surface area contributed by atoms with E-state index in [4.69, 9.17) is 4.74 Å². The summed E-state index contributed by atoms with van der Waals surface area (Å²) in [4.78, 5) is 5.57. The highest BCUT2D eigenvalue weighted by Gasteiger charge is 2.24. The summed E-state index contributed by atoms with van der Waals surface area (Å²) in [5.74, 6) is 0.687. The zero-order valence-corrected chi connectivity index (χ0v) is 15.9.